The van der Waals surface area contributed by atoms with E-state index in [0.29, 0.717) is 20.6 Å². The normalized spacial score (nSPS) is 10.5. The number of aliphatic carboxylic acids is 1. The Labute approximate surface area is 111 Å². The lowest BCUT2D eigenvalue weighted by molar-refractivity contribution is -0.139. The van der Waals surface area contributed by atoms with Crippen molar-refractivity contribution >= 4 is 34.8 Å². The molecule has 0 atom stereocenters. The standard InChI is InChI=1S/C10H10INO5/c1-16-8-3-6(4-12-15)2-7(11)10(8)17-5-9(13)14/h2-4,15H,5H2,1H3,(H,13,14). The highest BCUT2D eigenvalue weighted by molar-refractivity contribution is 14.1. The maximum Gasteiger partial charge on any atom is 0.341 e. The summed E-state index contributed by atoms with van der Waals surface area (Å²) in [6.07, 6.45) is 1.24. The Balaban J connectivity index is 3.07. The summed E-state index contributed by atoms with van der Waals surface area (Å²) in [6.45, 7) is -0.445. The van der Waals surface area contributed by atoms with Crippen LogP contribution in [0.5, 0.6) is 11.5 Å². The number of carbonyl (C=O) groups is 1. The van der Waals surface area contributed by atoms with Crippen LogP contribution in [0, 0.1) is 3.57 Å². The zero-order valence-electron chi connectivity index (χ0n) is 8.88. The summed E-state index contributed by atoms with van der Waals surface area (Å²) in [4.78, 5) is 10.4. The maximum absolute atomic E-state index is 10.4. The van der Waals surface area contributed by atoms with Crippen LogP contribution in [0.1, 0.15) is 5.56 Å². The van der Waals surface area contributed by atoms with Crippen molar-refractivity contribution in [1.29, 1.82) is 0 Å². The third kappa shape index (κ3) is 3.77. The first-order chi connectivity index (χ1) is 8.08. The third-order valence-electron chi connectivity index (χ3n) is 1.80. The number of oxime groups is 1. The Hall–Kier alpha value is -1.51. The van der Waals surface area contributed by atoms with E-state index in [9.17, 15) is 4.79 Å². The number of methoxy groups -OCH3 is 1. The SMILES string of the molecule is COc1cc(C=NO)cc(I)c1OCC(=O)O. The molecule has 2 N–H and O–H groups in total. The summed E-state index contributed by atoms with van der Waals surface area (Å²) in [5, 5.41) is 19.9. The molecule has 92 valence electrons. The van der Waals surface area contributed by atoms with Crippen molar-refractivity contribution in [3.05, 3.63) is 21.3 Å². The molecule has 0 saturated heterocycles. The van der Waals surface area contributed by atoms with Gasteiger partial charge in [-0.3, -0.25) is 0 Å². The van der Waals surface area contributed by atoms with Gasteiger partial charge in [0.05, 0.1) is 16.9 Å². The number of nitrogens with zero attached hydrogens (tertiary/aromatic N) is 1. The zero-order chi connectivity index (χ0) is 12.8. The summed E-state index contributed by atoms with van der Waals surface area (Å²) in [5.74, 6) is -0.331. The van der Waals surface area contributed by atoms with Gasteiger partial charge in [0.2, 0.25) is 0 Å². The topological polar surface area (TPSA) is 88.4 Å². The summed E-state index contributed by atoms with van der Waals surface area (Å²) in [5.41, 5.74) is 0.622. The quantitative estimate of drug-likeness (QED) is 0.364. The predicted octanol–water partition coefficient (Wildman–Crippen LogP) is 1.57. The maximum atomic E-state index is 10.4. The van der Waals surface area contributed by atoms with Crippen LogP contribution in [0.15, 0.2) is 17.3 Å². The molecule has 0 fully saturated rings. The molecule has 1 aromatic carbocycles. The van der Waals surface area contributed by atoms with E-state index in [1.807, 2.05) is 22.6 Å². The van der Waals surface area contributed by atoms with Crippen LogP contribution in [0.4, 0.5) is 0 Å². The summed E-state index contributed by atoms with van der Waals surface area (Å²) >= 11 is 1.98. The lowest BCUT2D eigenvalue weighted by atomic mass is 10.2. The minimum atomic E-state index is -1.07. The highest BCUT2D eigenvalue weighted by Gasteiger charge is 2.12. The molecule has 0 saturated carbocycles. The number of rotatable bonds is 5. The Morgan fingerprint density at radius 1 is 1.59 bits per heavy atom. The minimum Gasteiger partial charge on any atom is -0.493 e. The van der Waals surface area contributed by atoms with Crippen LogP contribution in [0.3, 0.4) is 0 Å². The van der Waals surface area contributed by atoms with Crippen molar-refractivity contribution in [1.82, 2.24) is 0 Å². The molecular weight excluding hydrogens is 341 g/mol. The number of benzene rings is 1. The monoisotopic (exact) mass is 351 g/mol. The van der Waals surface area contributed by atoms with E-state index in [4.69, 9.17) is 19.8 Å². The third-order valence-corrected chi connectivity index (χ3v) is 2.60. The first-order valence-corrected chi connectivity index (χ1v) is 5.56. The van der Waals surface area contributed by atoms with Crippen molar-refractivity contribution in [2.24, 2.45) is 5.16 Å². The fourth-order valence-corrected chi connectivity index (χ4v) is 1.94. The molecule has 17 heavy (non-hydrogen) atoms. The molecule has 0 amide bonds. The Morgan fingerprint density at radius 2 is 2.29 bits per heavy atom. The molecule has 0 bridgehead atoms. The molecule has 0 aromatic heterocycles. The lowest BCUT2D eigenvalue weighted by Gasteiger charge is -2.11. The average molecular weight is 351 g/mol. The molecule has 0 aliphatic carbocycles. The van der Waals surface area contributed by atoms with Crippen LogP contribution in [0.2, 0.25) is 0 Å². The van der Waals surface area contributed by atoms with Crippen LogP contribution in [-0.4, -0.2) is 36.2 Å². The van der Waals surface area contributed by atoms with Crippen molar-refractivity contribution in [2.75, 3.05) is 13.7 Å². The van der Waals surface area contributed by atoms with Gasteiger partial charge in [0.1, 0.15) is 0 Å². The molecule has 1 aromatic rings. The lowest BCUT2D eigenvalue weighted by Crippen LogP contribution is -2.11. The van der Waals surface area contributed by atoms with Gasteiger partial charge in [0, 0.05) is 5.56 Å². The van der Waals surface area contributed by atoms with Crippen LogP contribution < -0.4 is 9.47 Å². The van der Waals surface area contributed by atoms with Crippen LogP contribution >= 0.6 is 22.6 Å². The van der Waals surface area contributed by atoms with Crippen molar-refractivity contribution in [2.45, 2.75) is 0 Å². The molecule has 1 rings (SSSR count). The highest BCUT2D eigenvalue weighted by atomic mass is 127. The van der Waals surface area contributed by atoms with E-state index < -0.39 is 12.6 Å². The van der Waals surface area contributed by atoms with Gasteiger partial charge >= 0.3 is 5.97 Å². The molecule has 0 aliphatic rings. The number of halogens is 1. The Bertz CT molecular complexity index is 447. The van der Waals surface area contributed by atoms with E-state index in [0.717, 1.165) is 0 Å². The second-order valence-corrected chi connectivity index (χ2v) is 4.12. The number of ether oxygens (including phenoxy) is 2. The van der Waals surface area contributed by atoms with E-state index >= 15 is 0 Å². The van der Waals surface area contributed by atoms with Gasteiger partial charge in [-0.15, -0.1) is 0 Å². The van der Waals surface area contributed by atoms with E-state index in [1.165, 1.54) is 13.3 Å². The van der Waals surface area contributed by atoms with Crippen LogP contribution in [-0.2, 0) is 4.79 Å². The Kier molecular flexibility index (Phi) is 5.01. The van der Waals surface area contributed by atoms with Gasteiger partial charge in [0.15, 0.2) is 18.1 Å². The fraction of sp³-hybridized carbons (Fsp3) is 0.200. The van der Waals surface area contributed by atoms with Crippen LogP contribution in [0.25, 0.3) is 0 Å². The predicted molar refractivity (Wildman–Crippen MR) is 68.2 cm³/mol. The number of hydrogen-bond acceptors (Lipinski definition) is 5. The number of carboxylic acid groups (broad SMARTS) is 1. The smallest absolute Gasteiger partial charge is 0.341 e. The highest BCUT2D eigenvalue weighted by Crippen LogP contribution is 2.33. The first kappa shape index (κ1) is 13.6. The first-order valence-electron chi connectivity index (χ1n) is 4.48. The van der Waals surface area contributed by atoms with E-state index in [-0.39, 0.29) is 0 Å². The largest absolute Gasteiger partial charge is 0.493 e. The van der Waals surface area contributed by atoms with Gasteiger partial charge in [-0.1, -0.05) is 5.16 Å². The van der Waals surface area contributed by atoms with Gasteiger partial charge < -0.3 is 19.8 Å². The summed E-state index contributed by atoms with van der Waals surface area (Å²) < 4.78 is 10.9. The second-order valence-electron chi connectivity index (χ2n) is 2.96. The zero-order valence-corrected chi connectivity index (χ0v) is 11.0. The van der Waals surface area contributed by atoms with Gasteiger partial charge in [-0.2, -0.15) is 0 Å². The summed E-state index contributed by atoms with van der Waals surface area (Å²) in [6, 6.07) is 3.26. The molecule has 0 spiro atoms. The molecule has 0 heterocycles. The van der Waals surface area contributed by atoms with E-state index in [1.54, 1.807) is 12.1 Å². The minimum absolute atomic E-state index is 0.352. The van der Waals surface area contributed by atoms with E-state index in [2.05, 4.69) is 5.16 Å². The van der Waals surface area contributed by atoms with Gasteiger partial charge in [-0.05, 0) is 34.7 Å². The molecule has 0 radical (unpaired) electrons. The van der Waals surface area contributed by atoms with Crippen molar-refractivity contribution < 1.29 is 24.6 Å². The number of carboxylic acids is 1. The van der Waals surface area contributed by atoms with Crippen molar-refractivity contribution in [3.8, 4) is 11.5 Å². The second kappa shape index (κ2) is 6.28. The molecule has 0 unspecified atom stereocenters. The number of hydrogen-bond donors (Lipinski definition) is 2. The molecule has 0 aliphatic heterocycles. The van der Waals surface area contributed by atoms with Gasteiger partial charge in [0.25, 0.3) is 0 Å². The average Bonchev–Trinajstić information content (AvgIpc) is 2.27. The summed E-state index contributed by atoms with van der Waals surface area (Å²) in [7, 11) is 1.44. The van der Waals surface area contributed by atoms with Gasteiger partial charge in [-0.25, -0.2) is 4.79 Å². The molecule has 7 heteroatoms. The fourth-order valence-electron chi connectivity index (χ4n) is 1.15. The molecule has 6 nitrogen and oxygen atoms in total. The Morgan fingerprint density at radius 3 is 2.82 bits per heavy atom. The molecular formula is C10H10INO5. The van der Waals surface area contributed by atoms with Crippen molar-refractivity contribution in [3.63, 3.8) is 0 Å².